The molecule has 0 aliphatic heterocycles. The highest BCUT2D eigenvalue weighted by Crippen LogP contribution is 2.47. The van der Waals surface area contributed by atoms with Crippen LogP contribution in [0.4, 0.5) is 0 Å². The predicted octanol–water partition coefficient (Wildman–Crippen LogP) is 1.48. The summed E-state index contributed by atoms with van der Waals surface area (Å²) in [5.74, 6) is -2.94. The van der Waals surface area contributed by atoms with Crippen LogP contribution in [0.15, 0.2) is 12.1 Å². The summed E-state index contributed by atoms with van der Waals surface area (Å²) < 4.78 is 9.79. The molecule has 0 amide bonds. The van der Waals surface area contributed by atoms with E-state index in [1.165, 1.54) is 27.2 Å². The van der Waals surface area contributed by atoms with Crippen LogP contribution in [-0.2, 0) is 25.5 Å². The number of carbonyl (C=O) groups excluding carboxylic acids is 4. The van der Waals surface area contributed by atoms with Gasteiger partial charge >= 0.3 is 5.97 Å². The number of esters is 1. The summed E-state index contributed by atoms with van der Waals surface area (Å²) in [5.41, 5.74) is -1.37. The zero-order valence-corrected chi connectivity index (χ0v) is 14.3. The fourth-order valence-electron chi connectivity index (χ4n) is 3.30. The van der Waals surface area contributed by atoms with Gasteiger partial charge in [-0.15, -0.1) is 0 Å². The molecule has 0 spiro atoms. The van der Waals surface area contributed by atoms with Crippen LogP contribution in [0.25, 0.3) is 0 Å². The van der Waals surface area contributed by atoms with Crippen molar-refractivity contribution < 1.29 is 33.8 Å². The summed E-state index contributed by atoms with van der Waals surface area (Å²) in [6.45, 7) is 1.34. The zero-order valence-electron chi connectivity index (χ0n) is 14.3. The predicted molar refractivity (Wildman–Crippen MR) is 86.6 cm³/mol. The van der Waals surface area contributed by atoms with Crippen LogP contribution >= 0.6 is 0 Å². The Labute approximate surface area is 144 Å². The summed E-state index contributed by atoms with van der Waals surface area (Å²) >= 11 is 0. The zero-order chi connectivity index (χ0) is 18.8. The van der Waals surface area contributed by atoms with E-state index < -0.39 is 23.1 Å². The number of hydrogen-bond acceptors (Lipinski definition) is 7. The van der Waals surface area contributed by atoms with Crippen molar-refractivity contribution in [1.29, 1.82) is 0 Å². The van der Waals surface area contributed by atoms with Gasteiger partial charge in [-0.2, -0.15) is 0 Å². The highest BCUT2D eigenvalue weighted by molar-refractivity contribution is 6.15. The Balaban J connectivity index is 2.66. The van der Waals surface area contributed by atoms with Gasteiger partial charge in [0.25, 0.3) is 0 Å². The standard InChI is InChI=1S/C18H20O7/c1-10(20)6-7-18(9-19)12(17(23)25-3)8-11-4-5-13(24-2)15(21)14(11)16(18)22/h4-5,9,12,21H,6-8H2,1-3H3. The van der Waals surface area contributed by atoms with Crippen LogP contribution in [0, 0.1) is 11.3 Å². The summed E-state index contributed by atoms with van der Waals surface area (Å²) in [4.78, 5) is 48.7. The number of phenolic OH excluding ortho intramolecular Hbond substituents is 1. The molecule has 1 aromatic rings. The van der Waals surface area contributed by atoms with E-state index in [1.54, 1.807) is 6.07 Å². The minimum Gasteiger partial charge on any atom is -0.504 e. The molecule has 0 saturated heterocycles. The van der Waals surface area contributed by atoms with Gasteiger partial charge in [-0.3, -0.25) is 9.59 Å². The van der Waals surface area contributed by atoms with E-state index in [0.29, 0.717) is 11.8 Å². The third-order valence-corrected chi connectivity index (χ3v) is 4.73. The average molecular weight is 348 g/mol. The quantitative estimate of drug-likeness (QED) is 0.471. The molecule has 0 heterocycles. The van der Waals surface area contributed by atoms with Crippen molar-refractivity contribution in [2.24, 2.45) is 11.3 Å². The van der Waals surface area contributed by atoms with Crippen molar-refractivity contribution in [2.75, 3.05) is 14.2 Å². The Morgan fingerprint density at radius 1 is 1.36 bits per heavy atom. The topological polar surface area (TPSA) is 107 Å². The number of fused-ring (bicyclic) bond motifs is 1. The minimum absolute atomic E-state index is 0.0436. The van der Waals surface area contributed by atoms with Gasteiger partial charge in [0.15, 0.2) is 17.3 Å². The fourth-order valence-corrected chi connectivity index (χ4v) is 3.30. The van der Waals surface area contributed by atoms with Crippen molar-refractivity contribution in [3.8, 4) is 11.5 Å². The number of rotatable bonds is 6. The summed E-state index contributed by atoms with van der Waals surface area (Å²) in [5, 5.41) is 10.3. The summed E-state index contributed by atoms with van der Waals surface area (Å²) in [7, 11) is 2.52. The Hall–Kier alpha value is -2.70. The monoisotopic (exact) mass is 348 g/mol. The number of aldehydes is 1. The van der Waals surface area contributed by atoms with E-state index in [9.17, 15) is 24.3 Å². The van der Waals surface area contributed by atoms with Gasteiger partial charge in [-0.05, 0) is 31.4 Å². The molecular weight excluding hydrogens is 328 g/mol. The SMILES string of the molecule is COC(=O)C1Cc2ccc(OC)c(O)c2C(=O)C1(C=O)CCC(C)=O. The number of aromatic hydroxyl groups is 1. The van der Waals surface area contributed by atoms with Gasteiger partial charge in [0, 0.05) is 6.42 Å². The Bertz CT molecular complexity index is 737. The number of Topliss-reactive ketones (excluding diaryl/α,β-unsaturated/α-hetero) is 2. The molecule has 1 aliphatic carbocycles. The van der Waals surface area contributed by atoms with Crippen LogP contribution < -0.4 is 4.74 Å². The molecule has 1 aromatic carbocycles. The van der Waals surface area contributed by atoms with E-state index in [0.717, 1.165) is 0 Å². The van der Waals surface area contributed by atoms with Crippen molar-refractivity contribution >= 4 is 23.8 Å². The molecule has 1 aliphatic rings. The molecule has 0 bridgehead atoms. The second-order valence-electron chi connectivity index (χ2n) is 6.12. The van der Waals surface area contributed by atoms with Gasteiger partial charge in [-0.25, -0.2) is 0 Å². The molecule has 2 atom stereocenters. The highest BCUT2D eigenvalue weighted by atomic mass is 16.5. The Kier molecular flexibility index (Phi) is 5.25. The van der Waals surface area contributed by atoms with Gasteiger partial charge in [0.2, 0.25) is 0 Å². The molecule has 7 nitrogen and oxygen atoms in total. The number of carbonyl (C=O) groups is 4. The third kappa shape index (κ3) is 3.01. The molecule has 1 N–H and O–H groups in total. The molecule has 0 radical (unpaired) electrons. The van der Waals surface area contributed by atoms with Gasteiger partial charge < -0.3 is 24.2 Å². The number of ketones is 2. The van der Waals surface area contributed by atoms with Gasteiger partial charge in [0.05, 0.1) is 25.7 Å². The molecule has 134 valence electrons. The Morgan fingerprint density at radius 3 is 2.56 bits per heavy atom. The molecule has 0 aromatic heterocycles. The van der Waals surface area contributed by atoms with Crippen molar-refractivity contribution in [3.63, 3.8) is 0 Å². The lowest BCUT2D eigenvalue weighted by molar-refractivity contribution is -0.151. The van der Waals surface area contributed by atoms with Crippen LogP contribution in [0.2, 0.25) is 0 Å². The van der Waals surface area contributed by atoms with Crippen molar-refractivity contribution in [3.05, 3.63) is 23.3 Å². The smallest absolute Gasteiger partial charge is 0.310 e. The first kappa shape index (κ1) is 18.6. The molecule has 2 unspecified atom stereocenters. The maximum Gasteiger partial charge on any atom is 0.310 e. The van der Waals surface area contributed by atoms with Crippen LogP contribution in [0.3, 0.4) is 0 Å². The number of phenols is 1. The molecule has 7 heteroatoms. The fraction of sp³-hybridized carbons (Fsp3) is 0.444. The van der Waals surface area contributed by atoms with E-state index in [-0.39, 0.29) is 42.1 Å². The maximum atomic E-state index is 13.1. The first-order chi connectivity index (χ1) is 11.8. The molecular formula is C18H20O7. The van der Waals surface area contributed by atoms with Gasteiger partial charge in [0.1, 0.15) is 17.5 Å². The lowest BCUT2D eigenvalue weighted by Gasteiger charge is -2.38. The molecule has 2 rings (SSSR count). The largest absolute Gasteiger partial charge is 0.504 e. The molecule has 25 heavy (non-hydrogen) atoms. The van der Waals surface area contributed by atoms with Crippen LogP contribution in [-0.4, -0.2) is 43.1 Å². The van der Waals surface area contributed by atoms with Crippen molar-refractivity contribution in [2.45, 2.75) is 26.2 Å². The number of hydrogen-bond donors (Lipinski definition) is 1. The van der Waals surface area contributed by atoms with E-state index >= 15 is 0 Å². The maximum absolute atomic E-state index is 13.1. The van der Waals surface area contributed by atoms with E-state index in [1.807, 2.05) is 0 Å². The van der Waals surface area contributed by atoms with Crippen molar-refractivity contribution in [1.82, 2.24) is 0 Å². The number of methoxy groups -OCH3 is 2. The van der Waals surface area contributed by atoms with Crippen LogP contribution in [0.1, 0.15) is 35.7 Å². The number of ether oxygens (including phenoxy) is 2. The summed E-state index contributed by atoms with van der Waals surface area (Å²) in [6.07, 6.45) is 0.280. The average Bonchev–Trinajstić information content (AvgIpc) is 2.60. The Morgan fingerprint density at radius 2 is 2.04 bits per heavy atom. The lowest BCUT2D eigenvalue weighted by atomic mass is 9.61. The molecule has 0 fully saturated rings. The van der Waals surface area contributed by atoms with E-state index in [2.05, 4.69) is 0 Å². The normalized spacial score (nSPS) is 22.0. The van der Waals surface area contributed by atoms with E-state index in [4.69, 9.17) is 9.47 Å². The lowest BCUT2D eigenvalue weighted by Crippen LogP contribution is -2.49. The second kappa shape index (κ2) is 7.04. The van der Waals surface area contributed by atoms with Crippen LogP contribution in [0.5, 0.6) is 11.5 Å². The summed E-state index contributed by atoms with van der Waals surface area (Å²) in [6, 6.07) is 3.06. The second-order valence-corrected chi connectivity index (χ2v) is 6.12. The molecule has 0 saturated carbocycles. The number of benzene rings is 1. The first-order valence-electron chi connectivity index (χ1n) is 7.79. The third-order valence-electron chi connectivity index (χ3n) is 4.73. The first-order valence-corrected chi connectivity index (χ1v) is 7.79. The van der Waals surface area contributed by atoms with Gasteiger partial charge in [-0.1, -0.05) is 6.07 Å². The minimum atomic E-state index is -1.75. The highest BCUT2D eigenvalue weighted by Gasteiger charge is 2.54.